The topological polar surface area (TPSA) is 43.7 Å². The standard InChI is InChI=1S/C8H15NO2/c10-7-4-9(5-8(7)11)6-2-1-3-6/h6-8,10-11H,1-5H2/t7-,8+. The smallest absolute Gasteiger partial charge is 0.0938 e. The predicted octanol–water partition coefficient (Wildman–Crippen LogP) is -0.424. The van der Waals surface area contributed by atoms with Crippen molar-refractivity contribution in [1.82, 2.24) is 4.90 Å². The Hall–Kier alpha value is -0.120. The second-order valence-corrected chi connectivity index (χ2v) is 3.67. The number of hydrogen-bond acceptors (Lipinski definition) is 3. The van der Waals surface area contributed by atoms with E-state index in [0.717, 1.165) is 0 Å². The average Bonchev–Trinajstić information content (AvgIpc) is 2.08. The molecule has 1 aliphatic carbocycles. The van der Waals surface area contributed by atoms with Crippen LogP contribution < -0.4 is 0 Å². The maximum Gasteiger partial charge on any atom is 0.0938 e. The molecule has 2 rings (SSSR count). The van der Waals surface area contributed by atoms with Gasteiger partial charge in [0.2, 0.25) is 0 Å². The molecule has 0 radical (unpaired) electrons. The van der Waals surface area contributed by atoms with Gasteiger partial charge >= 0.3 is 0 Å². The maximum absolute atomic E-state index is 9.24. The van der Waals surface area contributed by atoms with E-state index >= 15 is 0 Å². The van der Waals surface area contributed by atoms with Crippen LogP contribution in [-0.4, -0.2) is 46.5 Å². The van der Waals surface area contributed by atoms with Gasteiger partial charge in [0.25, 0.3) is 0 Å². The van der Waals surface area contributed by atoms with Crippen molar-refractivity contribution in [3.63, 3.8) is 0 Å². The molecule has 0 unspecified atom stereocenters. The lowest BCUT2D eigenvalue weighted by atomic mass is 9.92. The predicted molar refractivity (Wildman–Crippen MR) is 41.2 cm³/mol. The number of likely N-dealkylation sites (tertiary alicyclic amines) is 1. The minimum absolute atomic E-state index is 0.504. The third-order valence-electron chi connectivity index (χ3n) is 2.88. The minimum atomic E-state index is -0.504. The number of aliphatic hydroxyl groups excluding tert-OH is 2. The fourth-order valence-electron chi connectivity index (χ4n) is 1.85. The molecule has 0 spiro atoms. The van der Waals surface area contributed by atoms with Gasteiger partial charge in [-0.05, 0) is 12.8 Å². The van der Waals surface area contributed by atoms with E-state index in [1.807, 2.05) is 0 Å². The molecular formula is C8H15NO2. The molecule has 1 heterocycles. The van der Waals surface area contributed by atoms with Gasteiger partial charge in [-0.2, -0.15) is 0 Å². The summed E-state index contributed by atoms with van der Waals surface area (Å²) in [6, 6.07) is 0.654. The van der Waals surface area contributed by atoms with E-state index in [4.69, 9.17) is 0 Å². The molecule has 0 bridgehead atoms. The number of β-amino-alcohol motifs (C(OH)–C–C–N with tert-alkyl or cyclic N) is 2. The third-order valence-corrected chi connectivity index (χ3v) is 2.88. The van der Waals surface area contributed by atoms with Gasteiger partial charge in [-0.25, -0.2) is 0 Å². The molecule has 64 valence electrons. The lowest BCUT2D eigenvalue weighted by molar-refractivity contribution is 0.0572. The van der Waals surface area contributed by atoms with Gasteiger partial charge in [0.05, 0.1) is 12.2 Å². The Bertz CT molecular complexity index is 137. The molecule has 2 fully saturated rings. The van der Waals surface area contributed by atoms with Crippen molar-refractivity contribution in [2.45, 2.75) is 37.5 Å². The van der Waals surface area contributed by atoms with Gasteiger partial charge < -0.3 is 10.2 Å². The van der Waals surface area contributed by atoms with Gasteiger partial charge in [0.1, 0.15) is 0 Å². The van der Waals surface area contributed by atoms with Crippen LogP contribution in [0.15, 0.2) is 0 Å². The van der Waals surface area contributed by atoms with Crippen LogP contribution in [0.3, 0.4) is 0 Å². The van der Waals surface area contributed by atoms with Crippen LogP contribution in [0.25, 0.3) is 0 Å². The number of nitrogens with zero attached hydrogens (tertiary/aromatic N) is 1. The molecule has 1 aliphatic heterocycles. The van der Waals surface area contributed by atoms with Crippen LogP contribution in [0.1, 0.15) is 19.3 Å². The van der Waals surface area contributed by atoms with Gasteiger partial charge in [0, 0.05) is 19.1 Å². The SMILES string of the molecule is O[C@@H]1CN(C2CCC2)C[C@@H]1O. The molecule has 11 heavy (non-hydrogen) atoms. The zero-order valence-corrected chi connectivity index (χ0v) is 6.61. The van der Waals surface area contributed by atoms with Gasteiger partial charge in [-0.15, -0.1) is 0 Å². The summed E-state index contributed by atoms with van der Waals surface area (Å²) < 4.78 is 0. The van der Waals surface area contributed by atoms with Crippen LogP contribution in [0, 0.1) is 0 Å². The third kappa shape index (κ3) is 1.28. The molecule has 1 saturated carbocycles. The summed E-state index contributed by atoms with van der Waals surface area (Å²) in [5.74, 6) is 0. The molecule has 2 atom stereocenters. The highest BCUT2D eigenvalue weighted by atomic mass is 16.3. The maximum atomic E-state index is 9.24. The Balaban J connectivity index is 1.87. The summed E-state index contributed by atoms with van der Waals surface area (Å²) >= 11 is 0. The molecule has 2 N–H and O–H groups in total. The first kappa shape index (κ1) is 7.53. The summed E-state index contributed by atoms with van der Waals surface area (Å²) in [6.45, 7) is 1.34. The van der Waals surface area contributed by atoms with Crippen molar-refractivity contribution in [3.8, 4) is 0 Å². The molecule has 2 aliphatic rings. The summed E-state index contributed by atoms with van der Waals surface area (Å²) in [5, 5.41) is 18.5. The Morgan fingerprint density at radius 1 is 1.00 bits per heavy atom. The Morgan fingerprint density at radius 3 is 1.91 bits per heavy atom. The first-order chi connectivity index (χ1) is 5.27. The van der Waals surface area contributed by atoms with Crippen molar-refractivity contribution < 1.29 is 10.2 Å². The van der Waals surface area contributed by atoms with E-state index in [-0.39, 0.29) is 0 Å². The average molecular weight is 157 g/mol. The second kappa shape index (κ2) is 2.73. The van der Waals surface area contributed by atoms with Crippen LogP contribution in [0.4, 0.5) is 0 Å². The van der Waals surface area contributed by atoms with Crippen LogP contribution in [0.2, 0.25) is 0 Å². The van der Waals surface area contributed by atoms with E-state index in [0.29, 0.717) is 19.1 Å². The van der Waals surface area contributed by atoms with E-state index < -0.39 is 12.2 Å². The summed E-state index contributed by atoms with van der Waals surface area (Å²) in [5.41, 5.74) is 0. The van der Waals surface area contributed by atoms with Crippen LogP contribution in [-0.2, 0) is 0 Å². The van der Waals surface area contributed by atoms with E-state index in [1.54, 1.807) is 0 Å². The monoisotopic (exact) mass is 157 g/mol. The van der Waals surface area contributed by atoms with Crippen molar-refractivity contribution in [3.05, 3.63) is 0 Å². The fraction of sp³-hybridized carbons (Fsp3) is 1.00. The Labute approximate surface area is 66.6 Å². The van der Waals surface area contributed by atoms with E-state index in [1.165, 1.54) is 19.3 Å². The summed E-state index contributed by atoms with van der Waals surface area (Å²) in [4.78, 5) is 2.21. The van der Waals surface area contributed by atoms with Gasteiger partial charge in [-0.3, -0.25) is 4.90 Å². The van der Waals surface area contributed by atoms with Crippen molar-refractivity contribution in [2.24, 2.45) is 0 Å². The van der Waals surface area contributed by atoms with Gasteiger partial charge in [-0.1, -0.05) is 6.42 Å². The summed E-state index contributed by atoms with van der Waals surface area (Å²) in [6.07, 6.45) is 2.80. The second-order valence-electron chi connectivity index (χ2n) is 3.67. The lowest BCUT2D eigenvalue weighted by Gasteiger charge is -2.34. The lowest BCUT2D eigenvalue weighted by Crippen LogP contribution is -2.39. The quantitative estimate of drug-likeness (QED) is 0.543. The molecule has 0 aromatic carbocycles. The fourth-order valence-corrected chi connectivity index (χ4v) is 1.85. The summed E-state index contributed by atoms with van der Waals surface area (Å²) in [7, 11) is 0. The first-order valence-electron chi connectivity index (χ1n) is 4.37. The van der Waals surface area contributed by atoms with E-state index in [2.05, 4.69) is 4.90 Å². The first-order valence-corrected chi connectivity index (χ1v) is 4.37. The highest BCUT2D eigenvalue weighted by Gasteiger charge is 2.35. The Morgan fingerprint density at radius 2 is 1.55 bits per heavy atom. The molecule has 0 amide bonds. The molecular weight excluding hydrogens is 142 g/mol. The number of rotatable bonds is 1. The van der Waals surface area contributed by atoms with Crippen molar-refractivity contribution in [1.29, 1.82) is 0 Å². The van der Waals surface area contributed by atoms with E-state index in [9.17, 15) is 10.2 Å². The Kier molecular flexibility index (Phi) is 1.87. The molecule has 3 nitrogen and oxygen atoms in total. The van der Waals surface area contributed by atoms with Gasteiger partial charge in [0.15, 0.2) is 0 Å². The van der Waals surface area contributed by atoms with Crippen molar-refractivity contribution >= 4 is 0 Å². The number of aliphatic hydroxyl groups is 2. The molecule has 3 heteroatoms. The molecule has 1 saturated heterocycles. The minimum Gasteiger partial charge on any atom is -0.389 e. The molecule has 0 aromatic rings. The van der Waals surface area contributed by atoms with Crippen LogP contribution in [0.5, 0.6) is 0 Å². The zero-order valence-electron chi connectivity index (χ0n) is 6.61. The highest BCUT2D eigenvalue weighted by Crippen LogP contribution is 2.27. The van der Waals surface area contributed by atoms with Crippen molar-refractivity contribution in [2.75, 3.05) is 13.1 Å². The zero-order chi connectivity index (χ0) is 7.84. The molecule has 0 aromatic heterocycles. The normalized spacial score (nSPS) is 40.9. The largest absolute Gasteiger partial charge is 0.389 e. The van der Waals surface area contributed by atoms with Crippen LogP contribution >= 0.6 is 0 Å². The highest BCUT2D eigenvalue weighted by molar-refractivity contribution is 4.90. The number of hydrogen-bond donors (Lipinski definition) is 2.